The van der Waals surface area contributed by atoms with E-state index in [0.29, 0.717) is 38.3 Å². The standard InChI is InChI=1S/C21H29NO5/c1-3-18(27-16-6-4-5-14(2)13-16)20(23)22-10-7-15(8-11-22)19-17(21(24)25)9-12-26-19/h4-6,13,15,17-19H,3,7-12H2,1-2H3,(H,24,25)/t17?,18?,19-/m0/s1. The van der Waals surface area contributed by atoms with E-state index in [0.717, 1.165) is 18.4 Å². The Morgan fingerprint density at radius 1 is 1.30 bits per heavy atom. The number of aliphatic carboxylic acids is 1. The molecule has 0 radical (unpaired) electrons. The minimum absolute atomic E-state index is 0.0135. The van der Waals surface area contributed by atoms with Crippen LogP contribution in [0.2, 0.25) is 0 Å². The number of nitrogens with zero attached hydrogens (tertiary/aromatic N) is 1. The van der Waals surface area contributed by atoms with E-state index in [1.54, 1.807) is 0 Å². The van der Waals surface area contributed by atoms with Gasteiger partial charge in [-0.3, -0.25) is 9.59 Å². The zero-order chi connectivity index (χ0) is 19.4. The fourth-order valence-electron chi connectivity index (χ4n) is 4.15. The summed E-state index contributed by atoms with van der Waals surface area (Å²) in [6, 6.07) is 7.73. The highest BCUT2D eigenvalue weighted by atomic mass is 16.5. The Balaban J connectivity index is 1.56. The number of rotatable bonds is 6. The summed E-state index contributed by atoms with van der Waals surface area (Å²) in [7, 11) is 0. The van der Waals surface area contributed by atoms with Crippen molar-refractivity contribution in [2.75, 3.05) is 19.7 Å². The van der Waals surface area contributed by atoms with Crippen molar-refractivity contribution in [2.45, 2.75) is 51.7 Å². The number of carbonyl (C=O) groups is 2. The summed E-state index contributed by atoms with van der Waals surface area (Å²) >= 11 is 0. The third-order valence-corrected chi connectivity index (χ3v) is 5.68. The third-order valence-electron chi connectivity index (χ3n) is 5.68. The molecule has 1 aromatic carbocycles. The fraction of sp³-hybridized carbons (Fsp3) is 0.619. The second-order valence-electron chi connectivity index (χ2n) is 7.56. The molecule has 2 saturated heterocycles. The number of piperidine rings is 1. The average Bonchev–Trinajstić information content (AvgIpc) is 3.16. The molecule has 0 spiro atoms. The van der Waals surface area contributed by atoms with E-state index in [9.17, 15) is 14.7 Å². The summed E-state index contributed by atoms with van der Waals surface area (Å²) in [4.78, 5) is 26.1. The summed E-state index contributed by atoms with van der Waals surface area (Å²) in [5.41, 5.74) is 1.10. The molecule has 1 N–H and O–H groups in total. The lowest BCUT2D eigenvalue weighted by atomic mass is 9.84. The number of benzene rings is 1. The second kappa shape index (κ2) is 8.74. The van der Waals surface area contributed by atoms with Crippen LogP contribution in [0, 0.1) is 18.8 Å². The number of aryl methyl sites for hydroxylation is 1. The highest BCUT2D eigenvalue weighted by Gasteiger charge is 2.41. The third kappa shape index (κ3) is 4.61. The van der Waals surface area contributed by atoms with Crippen LogP contribution in [0.25, 0.3) is 0 Å². The van der Waals surface area contributed by atoms with E-state index in [-0.39, 0.29) is 17.9 Å². The lowest BCUT2D eigenvalue weighted by Gasteiger charge is -2.36. The van der Waals surface area contributed by atoms with E-state index in [2.05, 4.69) is 0 Å². The first-order valence-corrected chi connectivity index (χ1v) is 9.86. The summed E-state index contributed by atoms with van der Waals surface area (Å²) in [6.07, 6.45) is 2.05. The Hall–Kier alpha value is -2.08. The van der Waals surface area contributed by atoms with Gasteiger partial charge >= 0.3 is 5.97 Å². The molecular formula is C21H29NO5. The maximum absolute atomic E-state index is 12.9. The van der Waals surface area contributed by atoms with Gasteiger partial charge in [0.1, 0.15) is 5.75 Å². The first-order valence-electron chi connectivity index (χ1n) is 9.86. The van der Waals surface area contributed by atoms with Crippen molar-refractivity contribution in [1.29, 1.82) is 0 Å². The maximum atomic E-state index is 12.9. The van der Waals surface area contributed by atoms with E-state index >= 15 is 0 Å². The Morgan fingerprint density at radius 3 is 2.67 bits per heavy atom. The molecule has 2 heterocycles. The van der Waals surface area contributed by atoms with Crippen LogP contribution in [0.5, 0.6) is 5.75 Å². The van der Waals surface area contributed by atoms with Gasteiger partial charge in [0.25, 0.3) is 5.91 Å². The van der Waals surface area contributed by atoms with Gasteiger partial charge in [-0.05, 0) is 56.2 Å². The van der Waals surface area contributed by atoms with E-state index in [4.69, 9.17) is 9.47 Å². The molecule has 27 heavy (non-hydrogen) atoms. The van der Waals surface area contributed by atoms with Crippen molar-refractivity contribution in [3.8, 4) is 5.75 Å². The number of hydrogen-bond donors (Lipinski definition) is 1. The Labute approximate surface area is 160 Å². The molecule has 0 bridgehead atoms. The molecule has 3 atom stereocenters. The van der Waals surface area contributed by atoms with Gasteiger partial charge in [0.15, 0.2) is 6.10 Å². The van der Waals surface area contributed by atoms with Gasteiger partial charge in [-0.15, -0.1) is 0 Å². The molecule has 0 saturated carbocycles. The predicted molar refractivity (Wildman–Crippen MR) is 101 cm³/mol. The number of carboxylic acid groups (broad SMARTS) is 1. The largest absolute Gasteiger partial charge is 0.481 e. The lowest BCUT2D eigenvalue weighted by Crippen LogP contribution is -2.47. The molecule has 1 aromatic rings. The summed E-state index contributed by atoms with van der Waals surface area (Å²) in [5, 5.41) is 9.36. The highest BCUT2D eigenvalue weighted by Crippen LogP contribution is 2.33. The first-order chi connectivity index (χ1) is 13.0. The van der Waals surface area contributed by atoms with E-state index < -0.39 is 18.0 Å². The van der Waals surface area contributed by atoms with Crippen LogP contribution in [-0.4, -0.2) is 53.8 Å². The molecule has 3 rings (SSSR count). The molecule has 148 valence electrons. The maximum Gasteiger partial charge on any atom is 0.309 e. The molecule has 2 aliphatic heterocycles. The lowest BCUT2D eigenvalue weighted by molar-refractivity contribution is -0.147. The zero-order valence-corrected chi connectivity index (χ0v) is 16.1. The normalized spacial score (nSPS) is 24.6. The van der Waals surface area contributed by atoms with Crippen LogP contribution in [0.1, 0.15) is 38.2 Å². The van der Waals surface area contributed by atoms with Crippen LogP contribution in [0.4, 0.5) is 0 Å². The average molecular weight is 375 g/mol. The number of carboxylic acids is 1. The molecule has 0 aliphatic carbocycles. The first kappa shape index (κ1) is 19.7. The molecule has 6 heteroatoms. The molecule has 2 aliphatic rings. The SMILES string of the molecule is CCC(Oc1cccc(C)c1)C(=O)N1CCC([C@@H]2OCCC2C(=O)O)CC1. The second-order valence-corrected chi connectivity index (χ2v) is 7.56. The van der Waals surface area contributed by atoms with Gasteiger partial charge in [-0.2, -0.15) is 0 Å². The number of ether oxygens (including phenoxy) is 2. The summed E-state index contributed by atoms with van der Waals surface area (Å²) < 4.78 is 11.7. The van der Waals surface area contributed by atoms with Crippen LogP contribution in [-0.2, 0) is 14.3 Å². The van der Waals surface area contributed by atoms with Crippen molar-refractivity contribution in [1.82, 2.24) is 4.90 Å². The molecule has 6 nitrogen and oxygen atoms in total. The monoisotopic (exact) mass is 375 g/mol. The number of hydrogen-bond acceptors (Lipinski definition) is 4. The Bertz CT molecular complexity index is 668. The van der Waals surface area contributed by atoms with Gasteiger partial charge in [-0.1, -0.05) is 19.1 Å². The number of likely N-dealkylation sites (tertiary alicyclic amines) is 1. The van der Waals surface area contributed by atoms with Crippen molar-refractivity contribution in [2.24, 2.45) is 11.8 Å². The van der Waals surface area contributed by atoms with Gasteiger partial charge in [0.2, 0.25) is 0 Å². The molecule has 0 aromatic heterocycles. The van der Waals surface area contributed by atoms with Gasteiger partial charge in [-0.25, -0.2) is 0 Å². The molecule has 2 fully saturated rings. The summed E-state index contributed by atoms with van der Waals surface area (Å²) in [5.74, 6) is -0.248. The minimum atomic E-state index is -0.770. The quantitative estimate of drug-likeness (QED) is 0.827. The van der Waals surface area contributed by atoms with Crippen molar-refractivity contribution in [3.63, 3.8) is 0 Å². The number of carbonyl (C=O) groups excluding carboxylic acids is 1. The zero-order valence-electron chi connectivity index (χ0n) is 16.1. The Morgan fingerprint density at radius 2 is 2.04 bits per heavy atom. The smallest absolute Gasteiger partial charge is 0.309 e. The predicted octanol–water partition coefficient (Wildman–Crippen LogP) is 2.88. The Kier molecular flexibility index (Phi) is 6.37. The van der Waals surface area contributed by atoms with Gasteiger partial charge in [0, 0.05) is 19.7 Å². The van der Waals surface area contributed by atoms with Crippen LogP contribution in [0.3, 0.4) is 0 Å². The van der Waals surface area contributed by atoms with Crippen LogP contribution >= 0.6 is 0 Å². The molecular weight excluding hydrogens is 346 g/mol. The van der Waals surface area contributed by atoms with Crippen molar-refractivity contribution < 1.29 is 24.2 Å². The van der Waals surface area contributed by atoms with Crippen molar-refractivity contribution >= 4 is 11.9 Å². The molecule has 2 unspecified atom stereocenters. The minimum Gasteiger partial charge on any atom is -0.481 e. The van der Waals surface area contributed by atoms with E-state index in [1.807, 2.05) is 43.0 Å². The summed E-state index contributed by atoms with van der Waals surface area (Å²) in [6.45, 7) is 5.72. The van der Waals surface area contributed by atoms with Crippen LogP contribution < -0.4 is 4.74 Å². The highest BCUT2D eigenvalue weighted by molar-refractivity contribution is 5.81. The van der Waals surface area contributed by atoms with E-state index in [1.165, 1.54) is 0 Å². The fourth-order valence-corrected chi connectivity index (χ4v) is 4.15. The van der Waals surface area contributed by atoms with Crippen molar-refractivity contribution in [3.05, 3.63) is 29.8 Å². The van der Waals surface area contributed by atoms with Gasteiger partial charge < -0.3 is 19.5 Å². The van der Waals surface area contributed by atoms with Gasteiger partial charge in [0.05, 0.1) is 12.0 Å². The molecule has 1 amide bonds. The topological polar surface area (TPSA) is 76.1 Å². The van der Waals surface area contributed by atoms with Crippen LogP contribution in [0.15, 0.2) is 24.3 Å². The number of amides is 1.